The fraction of sp³-hybridized carbons (Fsp3) is 0.421. The van der Waals surface area contributed by atoms with Crippen molar-refractivity contribution in [2.24, 2.45) is 11.7 Å². The summed E-state index contributed by atoms with van der Waals surface area (Å²) in [5.74, 6) is 0.796. The molecule has 28 heavy (non-hydrogen) atoms. The van der Waals surface area contributed by atoms with Gasteiger partial charge in [0.2, 0.25) is 0 Å². The van der Waals surface area contributed by atoms with E-state index in [9.17, 15) is 13.2 Å². The molecule has 0 spiro atoms. The Hall–Kier alpha value is -2.68. The number of nitrogens with zero attached hydrogens (tertiary/aromatic N) is 4. The monoisotopic (exact) mass is 390 g/mol. The maximum absolute atomic E-state index is 13.6. The van der Waals surface area contributed by atoms with Gasteiger partial charge in [-0.05, 0) is 36.6 Å². The van der Waals surface area contributed by atoms with Gasteiger partial charge in [0, 0.05) is 30.7 Å². The van der Waals surface area contributed by atoms with E-state index in [1.807, 2.05) is 4.90 Å². The minimum Gasteiger partial charge on any atom is -0.355 e. The average molecular weight is 390 g/mol. The molecule has 0 saturated carbocycles. The lowest BCUT2D eigenvalue weighted by atomic mass is 9.99. The molecule has 3 N–H and O–H groups in total. The van der Waals surface area contributed by atoms with E-state index >= 15 is 0 Å². The molecule has 0 aliphatic carbocycles. The highest BCUT2D eigenvalue weighted by Crippen LogP contribution is 2.39. The number of pyridine rings is 2. The first-order chi connectivity index (χ1) is 13.4. The summed E-state index contributed by atoms with van der Waals surface area (Å²) in [6.07, 6.45) is -0.982. The molecule has 1 fully saturated rings. The lowest BCUT2D eigenvalue weighted by molar-refractivity contribution is -0.137. The smallest absolute Gasteiger partial charge is 0.355 e. The van der Waals surface area contributed by atoms with E-state index in [-0.39, 0.29) is 17.4 Å². The number of alkyl halides is 3. The number of anilines is 1. The number of H-pyrrole nitrogens is 1. The van der Waals surface area contributed by atoms with E-state index in [0.717, 1.165) is 18.9 Å². The SMILES string of the molecule is CCC[C@@H]1CN(c2ccc(C(F)(F)F)c(-c3n[nH]c4ncccc34)n2)C[C@H]1N. The summed E-state index contributed by atoms with van der Waals surface area (Å²) in [4.78, 5) is 10.4. The summed E-state index contributed by atoms with van der Waals surface area (Å²) in [5, 5.41) is 7.26. The third-order valence-electron chi connectivity index (χ3n) is 5.22. The molecular formula is C19H21F3N6. The molecule has 2 atom stereocenters. The van der Waals surface area contributed by atoms with Crippen LogP contribution < -0.4 is 10.6 Å². The van der Waals surface area contributed by atoms with E-state index < -0.39 is 11.7 Å². The molecule has 4 rings (SSSR count). The zero-order valence-electron chi connectivity index (χ0n) is 15.4. The Labute approximate surface area is 160 Å². The first kappa shape index (κ1) is 18.7. The summed E-state index contributed by atoms with van der Waals surface area (Å²) in [5.41, 5.74) is 5.77. The topological polar surface area (TPSA) is 83.7 Å². The van der Waals surface area contributed by atoms with Gasteiger partial charge in [0.25, 0.3) is 0 Å². The zero-order chi connectivity index (χ0) is 19.9. The third-order valence-corrected chi connectivity index (χ3v) is 5.22. The quantitative estimate of drug-likeness (QED) is 0.711. The second-order valence-electron chi connectivity index (χ2n) is 7.15. The Balaban J connectivity index is 1.79. The molecular weight excluding hydrogens is 369 g/mol. The number of nitrogens with one attached hydrogen (secondary N) is 1. The van der Waals surface area contributed by atoms with Crippen molar-refractivity contribution in [3.05, 3.63) is 36.0 Å². The minimum atomic E-state index is -4.54. The predicted octanol–water partition coefficient (Wildman–Crippen LogP) is 3.60. The summed E-state index contributed by atoms with van der Waals surface area (Å²) in [6, 6.07) is 5.82. The molecule has 3 aromatic heterocycles. The first-order valence-corrected chi connectivity index (χ1v) is 9.26. The van der Waals surface area contributed by atoms with Crippen LogP contribution in [-0.4, -0.2) is 39.3 Å². The van der Waals surface area contributed by atoms with Crippen molar-refractivity contribution in [2.45, 2.75) is 32.0 Å². The van der Waals surface area contributed by atoms with Crippen molar-refractivity contribution in [3.63, 3.8) is 0 Å². The maximum Gasteiger partial charge on any atom is 0.418 e. The molecule has 0 aromatic carbocycles. The van der Waals surface area contributed by atoms with Crippen LogP contribution in [0.25, 0.3) is 22.4 Å². The Kier molecular flexibility index (Phi) is 4.70. The normalized spacial score (nSPS) is 20.2. The van der Waals surface area contributed by atoms with Gasteiger partial charge < -0.3 is 10.6 Å². The van der Waals surface area contributed by atoms with Crippen LogP contribution in [0.2, 0.25) is 0 Å². The molecule has 0 radical (unpaired) electrons. The second-order valence-corrected chi connectivity index (χ2v) is 7.15. The lowest BCUT2D eigenvalue weighted by Crippen LogP contribution is -2.29. The van der Waals surface area contributed by atoms with E-state index in [0.29, 0.717) is 35.9 Å². The molecule has 0 amide bonds. The van der Waals surface area contributed by atoms with Crippen molar-refractivity contribution in [3.8, 4) is 11.4 Å². The molecule has 9 heteroatoms. The standard InChI is InChI=1S/C19H21F3N6/c1-2-4-11-9-28(10-14(11)23)15-7-6-13(19(20,21)22)17(25-15)16-12-5-3-8-24-18(12)27-26-16/h3,5-8,11,14H,2,4,9-10,23H2,1H3,(H,24,26,27)/t11-,14-/m1/s1. The van der Waals surface area contributed by atoms with Gasteiger partial charge in [0.05, 0.1) is 5.56 Å². The number of hydrogen-bond acceptors (Lipinski definition) is 5. The van der Waals surface area contributed by atoms with Crippen LogP contribution in [0.5, 0.6) is 0 Å². The van der Waals surface area contributed by atoms with Crippen LogP contribution in [-0.2, 0) is 6.18 Å². The number of fused-ring (bicyclic) bond motifs is 1. The Bertz CT molecular complexity index is 983. The summed E-state index contributed by atoms with van der Waals surface area (Å²) in [6.45, 7) is 3.36. The number of aromatic nitrogens is 4. The molecule has 4 heterocycles. The van der Waals surface area contributed by atoms with Gasteiger partial charge in [-0.25, -0.2) is 9.97 Å². The van der Waals surface area contributed by atoms with E-state index in [1.54, 1.807) is 18.3 Å². The highest BCUT2D eigenvalue weighted by molar-refractivity contribution is 5.90. The van der Waals surface area contributed by atoms with Gasteiger partial charge in [-0.2, -0.15) is 18.3 Å². The van der Waals surface area contributed by atoms with Crippen LogP contribution >= 0.6 is 0 Å². The summed E-state index contributed by atoms with van der Waals surface area (Å²) >= 11 is 0. The van der Waals surface area contributed by atoms with Gasteiger partial charge in [0.15, 0.2) is 5.65 Å². The molecule has 3 aromatic rings. The molecule has 148 valence electrons. The minimum absolute atomic E-state index is 0.0112. The molecule has 6 nitrogen and oxygen atoms in total. The first-order valence-electron chi connectivity index (χ1n) is 9.26. The predicted molar refractivity (Wildman–Crippen MR) is 101 cm³/mol. The Morgan fingerprint density at radius 3 is 2.79 bits per heavy atom. The van der Waals surface area contributed by atoms with Crippen molar-refractivity contribution < 1.29 is 13.2 Å². The van der Waals surface area contributed by atoms with Crippen molar-refractivity contribution in [2.75, 3.05) is 18.0 Å². The lowest BCUT2D eigenvalue weighted by Gasteiger charge is -2.20. The molecule has 1 saturated heterocycles. The largest absolute Gasteiger partial charge is 0.418 e. The van der Waals surface area contributed by atoms with Gasteiger partial charge in [0.1, 0.15) is 17.2 Å². The van der Waals surface area contributed by atoms with E-state index in [4.69, 9.17) is 5.73 Å². The molecule has 1 aliphatic heterocycles. The second kappa shape index (κ2) is 7.05. The average Bonchev–Trinajstić information content (AvgIpc) is 3.25. The van der Waals surface area contributed by atoms with Gasteiger partial charge in [-0.15, -0.1) is 0 Å². The fourth-order valence-corrected chi connectivity index (χ4v) is 3.83. The summed E-state index contributed by atoms with van der Waals surface area (Å²) < 4.78 is 40.9. The maximum atomic E-state index is 13.6. The van der Waals surface area contributed by atoms with Crippen LogP contribution in [0.15, 0.2) is 30.5 Å². The van der Waals surface area contributed by atoms with Crippen LogP contribution in [0, 0.1) is 5.92 Å². The molecule has 0 unspecified atom stereocenters. The summed E-state index contributed by atoms with van der Waals surface area (Å²) in [7, 11) is 0. The number of nitrogens with two attached hydrogens (primary N) is 1. The van der Waals surface area contributed by atoms with Crippen molar-refractivity contribution >= 4 is 16.9 Å². The fourth-order valence-electron chi connectivity index (χ4n) is 3.83. The zero-order valence-corrected chi connectivity index (χ0v) is 15.4. The number of aromatic amines is 1. The van der Waals surface area contributed by atoms with Gasteiger partial charge in [-0.3, -0.25) is 5.10 Å². The highest BCUT2D eigenvalue weighted by Gasteiger charge is 2.37. The van der Waals surface area contributed by atoms with Crippen molar-refractivity contribution in [1.82, 2.24) is 20.2 Å². The molecule has 1 aliphatic rings. The third kappa shape index (κ3) is 3.30. The number of hydrogen-bond donors (Lipinski definition) is 2. The van der Waals surface area contributed by atoms with E-state index in [1.165, 1.54) is 6.07 Å². The molecule has 0 bridgehead atoms. The van der Waals surface area contributed by atoms with Crippen LogP contribution in [0.1, 0.15) is 25.3 Å². The number of rotatable bonds is 4. The van der Waals surface area contributed by atoms with E-state index in [2.05, 4.69) is 27.1 Å². The number of halogens is 3. The van der Waals surface area contributed by atoms with Crippen molar-refractivity contribution in [1.29, 1.82) is 0 Å². The Morgan fingerprint density at radius 1 is 1.21 bits per heavy atom. The van der Waals surface area contributed by atoms with Crippen LogP contribution in [0.4, 0.5) is 19.0 Å². The Morgan fingerprint density at radius 2 is 2.04 bits per heavy atom. The van der Waals surface area contributed by atoms with Crippen LogP contribution in [0.3, 0.4) is 0 Å². The highest BCUT2D eigenvalue weighted by atomic mass is 19.4. The van der Waals surface area contributed by atoms with Gasteiger partial charge >= 0.3 is 6.18 Å². The van der Waals surface area contributed by atoms with Gasteiger partial charge in [-0.1, -0.05) is 13.3 Å².